The number of thioether (sulfide) groups is 2. The second kappa shape index (κ2) is 104. The van der Waals surface area contributed by atoms with Gasteiger partial charge in [0.2, 0.25) is 0 Å². The summed E-state index contributed by atoms with van der Waals surface area (Å²) in [5, 5.41) is 10.2. The fraction of sp³-hybridized carbons (Fsp3) is 0.663. The SMILES string of the molecule is C=C1CC=CCN1C.C=C1CC=CN1C.C=C1CCC=CN1C.C=C1CCCN1C.C=C1CN(C)CN1C.C=C1CN=NN1C.C=C1COCN1C.C=C1CS(=C)(=O)CN1C.C=C1CS(=C)CN1C.C=C1CSCN1C.C=C1OCN(C)CN1C.C=C1OCOCN1C.C=C1SCN(C)CN1C.CC.CC.CC.CC.CC.CC.CC.CC.CC.CC.CC.CC.CC. The number of likely N-dealkylation sites (N-methyl/N-ethyl adjacent to an activating group) is 5. The van der Waals surface area contributed by atoms with Gasteiger partial charge in [-0.1, -0.05) is 300 Å². The molecule has 0 spiro atoms. The zero-order chi connectivity index (χ0) is 103. The first-order valence-corrected chi connectivity index (χ1v) is 52.7. The van der Waals surface area contributed by atoms with Gasteiger partial charge in [0.25, 0.3) is 0 Å². The molecule has 23 nitrogen and oxygen atoms in total. The predicted octanol–water partition coefficient (Wildman–Crippen LogP) is 24.6. The molecule has 13 aliphatic heterocycles. The lowest BCUT2D eigenvalue weighted by atomic mass is 10.2. The van der Waals surface area contributed by atoms with Crippen molar-refractivity contribution in [2.75, 3.05) is 233 Å². The molecule has 13 aliphatic rings. The first-order valence-electron chi connectivity index (χ1n) is 46.7. The molecule has 0 radical (unpaired) electrons. The van der Waals surface area contributed by atoms with E-state index in [1.54, 1.807) is 21.7 Å². The average Bonchev–Trinajstić information content (AvgIpc) is 1.71. The van der Waals surface area contributed by atoms with Crippen LogP contribution in [0.15, 0.2) is 206 Å². The van der Waals surface area contributed by atoms with Gasteiger partial charge < -0.3 is 77.7 Å². The summed E-state index contributed by atoms with van der Waals surface area (Å²) in [6.07, 6.45) is 19.5. The summed E-state index contributed by atoms with van der Waals surface area (Å²) >= 11 is 3.71. The van der Waals surface area contributed by atoms with Crippen molar-refractivity contribution in [3.8, 4) is 0 Å². The molecular weight excluding hydrogens is 1670 g/mol. The van der Waals surface area contributed by atoms with E-state index in [4.69, 9.17) is 18.9 Å². The summed E-state index contributed by atoms with van der Waals surface area (Å²) in [4.78, 5) is 31.3. The Labute approximate surface area is 809 Å². The van der Waals surface area contributed by atoms with Crippen LogP contribution in [0.5, 0.6) is 0 Å². The second-order valence-corrected chi connectivity index (χ2v) is 32.8. The van der Waals surface area contributed by atoms with Gasteiger partial charge in [-0.3, -0.25) is 23.9 Å². The Morgan fingerprint density at radius 1 is 0.414 bits per heavy atom. The Kier molecular flexibility index (Phi) is 121. The molecule has 9 fully saturated rings. The molecule has 760 valence electrons. The van der Waals surface area contributed by atoms with Gasteiger partial charge in [-0.15, -0.1) is 11.8 Å². The number of likely N-dealkylation sites (tertiary alicyclic amines) is 1. The van der Waals surface area contributed by atoms with Crippen LogP contribution in [0.1, 0.15) is 219 Å². The van der Waals surface area contributed by atoms with E-state index in [1.165, 1.54) is 64.3 Å². The minimum absolute atomic E-state index is 0.336. The van der Waals surface area contributed by atoms with Crippen LogP contribution in [0.4, 0.5) is 0 Å². The van der Waals surface area contributed by atoms with Crippen LogP contribution in [-0.4, -0.2) is 328 Å². The lowest BCUT2D eigenvalue weighted by molar-refractivity contribution is -0.129. The van der Waals surface area contributed by atoms with E-state index < -0.39 is 9.52 Å². The largest absolute Gasteiger partial charge is 0.464 e. The molecule has 0 amide bonds. The average molecular weight is 1890 g/mol. The van der Waals surface area contributed by atoms with Crippen LogP contribution in [0.25, 0.3) is 0 Å². The topological polar surface area (TPSA) is 131 Å². The summed E-state index contributed by atoms with van der Waals surface area (Å²) in [7, 11) is 30.7. The van der Waals surface area contributed by atoms with Crippen LogP contribution in [-0.2, 0) is 28.5 Å². The molecule has 0 aromatic rings. The zero-order valence-electron chi connectivity index (χ0n) is 92.0. The first-order chi connectivity index (χ1) is 60.7. The minimum Gasteiger partial charge on any atom is -0.464 e. The third-order valence-electron chi connectivity index (χ3n) is 16.5. The quantitative estimate of drug-likeness (QED) is 0.168. The highest BCUT2D eigenvalue weighted by Crippen LogP contribution is 2.26. The van der Waals surface area contributed by atoms with Gasteiger partial charge in [0, 0.05) is 187 Å². The Morgan fingerprint density at radius 3 is 1.10 bits per heavy atom. The second-order valence-electron chi connectivity index (χ2n) is 26.5. The highest BCUT2D eigenvalue weighted by atomic mass is 32.2. The van der Waals surface area contributed by atoms with E-state index in [-0.39, 0.29) is 0 Å². The van der Waals surface area contributed by atoms with Crippen molar-refractivity contribution >= 4 is 55.3 Å². The predicted molar refractivity (Wildman–Crippen MR) is 593 cm³/mol. The van der Waals surface area contributed by atoms with E-state index >= 15 is 0 Å². The van der Waals surface area contributed by atoms with Crippen LogP contribution in [0.2, 0.25) is 0 Å². The Bertz CT molecular complexity index is 2910. The highest BCUT2D eigenvalue weighted by Gasteiger charge is 2.21. The third kappa shape index (κ3) is 84.7. The molecule has 13 heterocycles. The van der Waals surface area contributed by atoms with Gasteiger partial charge in [-0.05, 0) is 87.8 Å². The van der Waals surface area contributed by atoms with Gasteiger partial charge in [0.05, 0.1) is 66.6 Å². The van der Waals surface area contributed by atoms with Gasteiger partial charge in [-0.2, -0.15) is 15.6 Å². The van der Waals surface area contributed by atoms with Crippen molar-refractivity contribution in [1.82, 2.24) is 78.5 Å². The van der Waals surface area contributed by atoms with E-state index in [0.717, 1.165) is 111 Å². The van der Waals surface area contributed by atoms with Crippen molar-refractivity contribution in [2.45, 2.75) is 219 Å². The number of hydrogen-bond donors (Lipinski definition) is 0. The number of allylic oxidation sites excluding steroid dienone is 5. The molecule has 2 atom stereocenters. The maximum Gasteiger partial charge on any atom is 0.192 e. The molecule has 0 N–H and O–H groups in total. The molecule has 128 heavy (non-hydrogen) atoms. The summed E-state index contributed by atoms with van der Waals surface area (Å²) in [6, 6.07) is 0. The van der Waals surface area contributed by atoms with Crippen LogP contribution < -0.4 is 0 Å². The Morgan fingerprint density at radius 2 is 0.906 bits per heavy atom. The van der Waals surface area contributed by atoms with Crippen molar-refractivity contribution in [2.24, 2.45) is 10.3 Å². The van der Waals surface area contributed by atoms with Crippen molar-refractivity contribution in [1.29, 1.82) is 0 Å². The molecule has 9 saturated heterocycles. The van der Waals surface area contributed by atoms with Crippen LogP contribution in [0.3, 0.4) is 0 Å². The smallest absolute Gasteiger partial charge is 0.192 e. The molecule has 27 heteroatoms. The van der Waals surface area contributed by atoms with E-state index in [9.17, 15) is 4.21 Å². The maximum atomic E-state index is 11.2. The van der Waals surface area contributed by atoms with E-state index in [0.29, 0.717) is 68.1 Å². The standard InChI is InChI=1S/2C7H11N.C6H12N2O.C6H12N2S.C6H12N2.C6H11NOS.C6H11NS.C6H11N.C6H9N.C5H9NO2.C5H9NO.C5H9NS.C4H7N3.13C2H6/c2*1-7-5-3-4-6-8(7)2;2*1-6-8(3)4-7(2)5-9-6;1-6-4-7(2)5-8(6)3;1-6-4-9(3,8)5-7(6)2;1-6-4-8(3)5-7(6)2;2*1-6-4-3-5-7(6)2;1-5-6(2)3-7-4-8-5;2*1-5-3-7-4-6(5)2;1-4-3-5-6-7(4)2;13*1-2/h4,6H,1,3,5H2,2H3;3-4H,1,5-6H2,2H3;2*1,4-5H2,2-3H3;1,4-5H2,2-3H3;1,3-5H2,2H3;1,3-5H2,2H3;1,3-5H2,2H3;3,5H,1,4H2,2H3;1,3-4H2,2H3;2*1,3-4H2,2H3;1,3H2,2H3;13*1-2H3. The molecule has 13 rings (SSSR count). The van der Waals surface area contributed by atoms with Gasteiger partial charge in [-0.25, -0.2) is 0 Å². The number of hydrogen-bond acceptors (Lipinski definition) is 25. The van der Waals surface area contributed by atoms with Gasteiger partial charge in [0.15, 0.2) is 18.6 Å². The van der Waals surface area contributed by atoms with Crippen molar-refractivity contribution in [3.63, 3.8) is 0 Å². The summed E-state index contributed by atoms with van der Waals surface area (Å²) in [5.41, 5.74) is 11.6. The summed E-state index contributed by atoms with van der Waals surface area (Å²) in [5.74, 6) is 15.7. The fourth-order valence-corrected chi connectivity index (χ4v) is 14.0. The van der Waals surface area contributed by atoms with Crippen LogP contribution in [0, 0.1) is 0 Å². The molecule has 2 unspecified atom stereocenters. The third-order valence-corrected chi connectivity index (χ3v) is 22.0. The van der Waals surface area contributed by atoms with E-state index in [2.05, 4.69) is 243 Å². The van der Waals surface area contributed by atoms with Crippen molar-refractivity contribution in [3.05, 3.63) is 196 Å². The van der Waals surface area contributed by atoms with Crippen molar-refractivity contribution < 1.29 is 23.2 Å². The first kappa shape index (κ1) is 150. The summed E-state index contributed by atoms with van der Waals surface area (Å²) < 4.78 is 31.1. The molecular formula is C101H212N18O5S4. The molecule has 0 aromatic heterocycles. The number of ether oxygens (including phenoxy) is 4. The molecule has 0 aromatic carbocycles. The normalized spacial score (nSPS) is 18.8. The zero-order valence-corrected chi connectivity index (χ0v) is 95.2. The van der Waals surface area contributed by atoms with Crippen LogP contribution >= 0.6 is 34.0 Å². The monoisotopic (exact) mass is 1890 g/mol. The lowest BCUT2D eigenvalue weighted by Gasteiger charge is -2.33. The molecule has 0 aliphatic carbocycles. The van der Waals surface area contributed by atoms with Gasteiger partial charge >= 0.3 is 0 Å². The van der Waals surface area contributed by atoms with E-state index in [1.807, 2.05) is 274 Å². The molecule has 0 bridgehead atoms. The van der Waals surface area contributed by atoms with Gasteiger partial charge in [0.1, 0.15) is 26.7 Å². The Balaban J connectivity index is -0.0000000996. The number of nitrogens with zero attached hydrogens (tertiary/aromatic N) is 18. The summed E-state index contributed by atoms with van der Waals surface area (Å²) in [6.45, 7) is 111. The fourth-order valence-electron chi connectivity index (χ4n) is 8.97. The molecule has 0 saturated carbocycles. The minimum atomic E-state index is -1.82. The maximum absolute atomic E-state index is 11.2. The lowest BCUT2D eigenvalue weighted by Crippen LogP contribution is -2.39. The number of rotatable bonds is 0. The Hall–Kier alpha value is -6.82. The highest BCUT2D eigenvalue weighted by molar-refractivity contribution is 8.14.